The van der Waals surface area contributed by atoms with Crippen LogP contribution in [0, 0.1) is 22.7 Å². The number of rotatable bonds is 6. The summed E-state index contributed by atoms with van der Waals surface area (Å²) in [6.45, 7) is 4.03. The average Bonchev–Trinajstić information content (AvgIpc) is 2.38. The third-order valence-electron chi connectivity index (χ3n) is 2.28. The van der Waals surface area contributed by atoms with Gasteiger partial charge in [-0.3, -0.25) is 0 Å². The molecule has 1 aromatic carbocycles. The summed E-state index contributed by atoms with van der Waals surface area (Å²) in [6.07, 6.45) is 0.846. The quantitative estimate of drug-likeness (QED) is 0.760. The topological polar surface area (TPSA) is 68.8 Å². The molecule has 17 heavy (non-hydrogen) atoms. The number of nitrogens with one attached hydrogen (secondary N) is 1. The SMILES string of the molecule is CCOCCCNc1c(C#N)cccc1C#N. The number of benzene rings is 1. The van der Waals surface area contributed by atoms with Gasteiger partial charge in [0.05, 0.1) is 16.8 Å². The number of nitrogens with zero attached hydrogens (tertiary/aromatic N) is 2. The van der Waals surface area contributed by atoms with E-state index in [0.717, 1.165) is 6.42 Å². The molecule has 0 radical (unpaired) electrons. The molecule has 0 aliphatic carbocycles. The summed E-state index contributed by atoms with van der Waals surface area (Å²) in [7, 11) is 0. The Morgan fingerprint density at radius 1 is 1.24 bits per heavy atom. The van der Waals surface area contributed by atoms with Gasteiger partial charge in [0.2, 0.25) is 0 Å². The van der Waals surface area contributed by atoms with E-state index in [1.165, 1.54) is 0 Å². The van der Waals surface area contributed by atoms with Crippen molar-refractivity contribution in [2.45, 2.75) is 13.3 Å². The molecule has 0 amide bonds. The van der Waals surface area contributed by atoms with Crippen LogP contribution in [0.15, 0.2) is 18.2 Å². The van der Waals surface area contributed by atoms with Crippen LogP contribution in [0.25, 0.3) is 0 Å². The molecule has 0 aliphatic heterocycles. The van der Waals surface area contributed by atoms with Gasteiger partial charge in [-0.25, -0.2) is 0 Å². The molecule has 1 N–H and O–H groups in total. The van der Waals surface area contributed by atoms with Crippen LogP contribution in [0.3, 0.4) is 0 Å². The highest BCUT2D eigenvalue weighted by Gasteiger charge is 2.06. The molecule has 0 bridgehead atoms. The summed E-state index contributed by atoms with van der Waals surface area (Å²) in [5.74, 6) is 0. The minimum absolute atomic E-state index is 0.500. The first-order valence-electron chi connectivity index (χ1n) is 5.58. The molecule has 0 spiro atoms. The zero-order chi connectivity index (χ0) is 12.5. The Kier molecular flexibility index (Phi) is 5.57. The predicted molar refractivity (Wildman–Crippen MR) is 65.5 cm³/mol. The maximum atomic E-state index is 8.96. The van der Waals surface area contributed by atoms with E-state index in [2.05, 4.69) is 17.5 Å². The molecule has 0 saturated heterocycles. The largest absolute Gasteiger partial charge is 0.383 e. The summed E-state index contributed by atoms with van der Waals surface area (Å²) in [6, 6.07) is 9.27. The number of ether oxygens (including phenoxy) is 1. The Morgan fingerprint density at radius 3 is 2.41 bits per heavy atom. The monoisotopic (exact) mass is 229 g/mol. The second-order valence-corrected chi connectivity index (χ2v) is 3.43. The average molecular weight is 229 g/mol. The molecule has 4 nitrogen and oxygen atoms in total. The number of nitriles is 2. The van der Waals surface area contributed by atoms with Crippen LogP contribution >= 0.6 is 0 Å². The Hall–Kier alpha value is -2.04. The Labute approximate surface area is 101 Å². The van der Waals surface area contributed by atoms with Crippen molar-refractivity contribution in [3.63, 3.8) is 0 Å². The lowest BCUT2D eigenvalue weighted by atomic mass is 10.1. The van der Waals surface area contributed by atoms with Crippen LogP contribution in [0.1, 0.15) is 24.5 Å². The molecule has 0 unspecified atom stereocenters. The molecule has 1 aromatic rings. The van der Waals surface area contributed by atoms with Crippen LogP contribution in [-0.2, 0) is 4.74 Å². The molecule has 0 saturated carbocycles. The summed E-state index contributed by atoms with van der Waals surface area (Å²) < 4.78 is 5.21. The van der Waals surface area contributed by atoms with Crippen molar-refractivity contribution in [2.75, 3.05) is 25.1 Å². The van der Waals surface area contributed by atoms with Gasteiger partial charge in [-0.2, -0.15) is 10.5 Å². The van der Waals surface area contributed by atoms with Crippen LogP contribution in [0.4, 0.5) is 5.69 Å². The second-order valence-electron chi connectivity index (χ2n) is 3.43. The van der Waals surface area contributed by atoms with Crippen molar-refractivity contribution in [3.8, 4) is 12.1 Å². The van der Waals surface area contributed by atoms with Crippen LogP contribution in [0.2, 0.25) is 0 Å². The van der Waals surface area contributed by atoms with E-state index in [9.17, 15) is 0 Å². The van der Waals surface area contributed by atoms with Crippen molar-refractivity contribution >= 4 is 5.69 Å². The van der Waals surface area contributed by atoms with Crippen molar-refractivity contribution in [1.29, 1.82) is 10.5 Å². The Morgan fingerprint density at radius 2 is 1.88 bits per heavy atom. The van der Waals surface area contributed by atoms with Gasteiger partial charge in [0.25, 0.3) is 0 Å². The maximum Gasteiger partial charge on any atom is 0.101 e. The van der Waals surface area contributed by atoms with Crippen molar-refractivity contribution in [1.82, 2.24) is 0 Å². The van der Waals surface area contributed by atoms with Gasteiger partial charge in [-0.1, -0.05) is 6.07 Å². The fourth-order valence-electron chi connectivity index (χ4n) is 1.46. The summed E-state index contributed by atoms with van der Waals surface area (Å²) in [5, 5.41) is 21.0. The van der Waals surface area contributed by atoms with Crippen molar-refractivity contribution < 1.29 is 4.74 Å². The number of hydrogen-bond donors (Lipinski definition) is 1. The molecule has 0 heterocycles. The summed E-state index contributed by atoms with van der Waals surface area (Å²) in [4.78, 5) is 0. The Balaban J connectivity index is 2.63. The molecule has 0 aromatic heterocycles. The van der Waals surface area contributed by atoms with E-state index in [4.69, 9.17) is 15.3 Å². The first kappa shape index (κ1) is 13.0. The summed E-state index contributed by atoms with van der Waals surface area (Å²) >= 11 is 0. The lowest BCUT2D eigenvalue weighted by molar-refractivity contribution is 0.147. The van der Waals surface area contributed by atoms with E-state index >= 15 is 0 Å². The maximum absolute atomic E-state index is 8.96. The van der Waals surface area contributed by atoms with E-state index in [-0.39, 0.29) is 0 Å². The smallest absolute Gasteiger partial charge is 0.101 e. The lowest BCUT2D eigenvalue weighted by Crippen LogP contribution is -2.08. The van der Waals surface area contributed by atoms with E-state index in [1.54, 1.807) is 18.2 Å². The van der Waals surface area contributed by atoms with E-state index in [1.807, 2.05) is 6.92 Å². The second kappa shape index (κ2) is 7.27. The van der Waals surface area contributed by atoms with Gasteiger partial charge in [0.1, 0.15) is 12.1 Å². The number of anilines is 1. The first-order valence-corrected chi connectivity index (χ1v) is 5.58. The fraction of sp³-hybridized carbons (Fsp3) is 0.385. The predicted octanol–water partition coefficient (Wildman–Crippen LogP) is 2.27. The Bertz CT molecular complexity index is 411. The highest BCUT2D eigenvalue weighted by atomic mass is 16.5. The van der Waals surface area contributed by atoms with Crippen molar-refractivity contribution in [3.05, 3.63) is 29.3 Å². The minimum atomic E-state index is 0.500. The standard InChI is InChI=1S/C13H15N3O/c1-2-17-8-4-7-16-13-11(9-14)5-3-6-12(13)10-15/h3,5-6,16H,2,4,7-8H2,1H3. The van der Waals surface area contributed by atoms with Gasteiger partial charge in [-0.15, -0.1) is 0 Å². The van der Waals surface area contributed by atoms with Crippen molar-refractivity contribution in [2.24, 2.45) is 0 Å². The first-order chi connectivity index (χ1) is 8.33. The van der Waals surface area contributed by atoms with Gasteiger partial charge >= 0.3 is 0 Å². The highest BCUT2D eigenvalue weighted by molar-refractivity contribution is 5.66. The molecular formula is C13H15N3O. The zero-order valence-corrected chi connectivity index (χ0v) is 9.86. The van der Waals surface area contributed by atoms with Crippen LogP contribution < -0.4 is 5.32 Å². The highest BCUT2D eigenvalue weighted by Crippen LogP contribution is 2.19. The molecule has 1 rings (SSSR count). The minimum Gasteiger partial charge on any atom is -0.383 e. The molecule has 0 fully saturated rings. The van der Waals surface area contributed by atoms with Crippen LogP contribution in [0.5, 0.6) is 0 Å². The normalized spacial score (nSPS) is 9.35. The van der Waals surface area contributed by atoms with Gasteiger partial charge in [0.15, 0.2) is 0 Å². The van der Waals surface area contributed by atoms with Gasteiger partial charge in [-0.05, 0) is 25.5 Å². The molecular weight excluding hydrogens is 214 g/mol. The van der Waals surface area contributed by atoms with Gasteiger partial charge in [0, 0.05) is 19.8 Å². The molecule has 4 heteroatoms. The lowest BCUT2D eigenvalue weighted by Gasteiger charge is -2.09. The molecule has 0 atom stereocenters. The van der Waals surface area contributed by atoms with Crippen LogP contribution in [-0.4, -0.2) is 19.8 Å². The van der Waals surface area contributed by atoms with E-state index < -0.39 is 0 Å². The van der Waals surface area contributed by atoms with E-state index in [0.29, 0.717) is 36.6 Å². The molecule has 0 aliphatic rings. The molecule has 88 valence electrons. The third kappa shape index (κ3) is 3.79. The van der Waals surface area contributed by atoms with Gasteiger partial charge < -0.3 is 10.1 Å². The third-order valence-corrected chi connectivity index (χ3v) is 2.28. The zero-order valence-electron chi connectivity index (χ0n) is 9.86. The number of hydrogen-bond acceptors (Lipinski definition) is 4. The fourth-order valence-corrected chi connectivity index (χ4v) is 1.46. The number of para-hydroxylation sites is 1. The summed E-state index contributed by atoms with van der Waals surface area (Å²) in [5.41, 5.74) is 1.62.